The quantitative estimate of drug-likeness (QED) is 0.787. The Bertz CT molecular complexity index is 800. The number of aliphatic hydroxyl groups excluding tert-OH is 1. The molecule has 24 heavy (non-hydrogen) atoms. The van der Waals surface area contributed by atoms with Gasteiger partial charge in [0.1, 0.15) is 34.3 Å². The van der Waals surface area contributed by atoms with E-state index < -0.39 is 18.0 Å². The number of methoxy groups -OCH3 is 2. The van der Waals surface area contributed by atoms with E-state index in [1.807, 2.05) is 0 Å². The number of hydrogen-bond donors (Lipinski definition) is 3. The molecular formula is C17H16O7. The normalized spacial score (nSPS) is 19.4. The fraction of sp³-hybridized carbons (Fsp3) is 0.235. The minimum absolute atomic E-state index is 0.0214. The average molecular weight is 332 g/mol. The van der Waals surface area contributed by atoms with Gasteiger partial charge in [-0.15, -0.1) is 0 Å². The molecule has 7 nitrogen and oxygen atoms in total. The average Bonchev–Trinajstić information content (AvgIpc) is 2.57. The fourth-order valence-corrected chi connectivity index (χ4v) is 2.73. The Balaban J connectivity index is 2.11. The zero-order chi connectivity index (χ0) is 17.4. The van der Waals surface area contributed by atoms with Crippen molar-refractivity contribution in [2.45, 2.75) is 12.2 Å². The maximum atomic E-state index is 12.6. The van der Waals surface area contributed by atoms with E-state index >= 15 is 0 Å². The summed E-state index contributed by atoms with van der Waals surface area (Å²) in [6.45, 7) is 0. The lowest BCUT2D eigenvalue weighted by molar-refractivity contribution is 0.0202. The number of phenols is 2. The maximum Gasteiger partial charge on any atom is 0.202 e. The molecule has 7 heteroatoms. The summed E-state index contributed by atoms with van der Waals surface area (Å²) in [5, 5.41) is 29.7. The van der Waals surface area contributed by atoms with Crippen LogP contribution in [0.15, 0.2) is 30.3 Å². The maximum absolute atomic E-state index is 12.6. The summed E-state index contributed by atoms with van der Waals surface area (Å²) in [7, 11) is 2.75. The molecule has 2 aromatic rings. The van der Waals surface area contributed by atoms with E-state index in [0.29, 0.717) is 5.56 Å². The fourth-order valence-electron chi connectivity index (χ4n) is 2.73. The number of aliphatic hydroxyl groups is 1. The highest BCUT2D eigenvalue weighted by atomic mass is 16.5. The monoisotopic (exact) mass is 332 g/mol. The van der Waals surface area contributed by atoms with Crippen molar-refractivity contribution in [1.29, 1.82) is 0 Å². The summed E-state index contributed by atoms with van der Waals surface area (Å²) in [5.74, 6) is -0.263. The van der Waals surface area contributed by atoms with Crippen molar-refractivity contribution in [3.05, 3.63) is 41.5 Å². The van der Waals surface area contributed by atoms with Gasteiger partial charge in [-0.25, -0.2) is 0 Å². The highest BCUT2D eigenvalue weighted by molar-refractivity contribution is 6.05. The Morgan fingerprint density at radius 1 is 1.00 bits per heavy atom. The first kappa shape index (κ1) is 15.9. The molecule has 0 spiro atoms. The topological polar surface area (TPSA) is 105 Å². The van der Waals surface area contributed by atoms with Crippen LogP contribution in [0.25, 0.3) is 0 Å². The first-order valence-electron chi connectivity index (χ1n) is 7.13. The van der Waals surface area contributed by atoms with Gasteiger partial charge in [-0.1, -0.05) is 0 Å². The predicted octanol–water partition coefficient (Wildman–Crippen LogP) is 1.79. The summed E-state index contributed by atoms with van der Waals surface area (Å²) < 4.78 is 16.0. The number of aromatic hydroxyl groups is 2. The Hall–Kier alpha value is -2.93. The minimum Gasteiger partial charge on any atom is -0.508 e. The number of phenolic OH excluding ortho intramolecular Hbond substituents is 2. The van der Waals surface area contributed by atoms with Crippen LogP contribution in [0.3, 0.4) is 0 Å². The van der Waals surface area contributed by atoms with Crippen LogP contribution in [0.4, 0.5) is 0 Å². The van der Waals surface area contributed by atoms with Crippen LogP contribution in [0.1, 0.15) is 22.0 Å². The lowest BCUT2D eigenvalue weighted by Crippen LogP contribution is -2.36. The molecular weight excluding hydrogens is 316 g/mol. The van der Waals surface area contributed by atoms with E-state index in [1.165, 1.54) is 44.6 Å². The smallest absolute Gasteiger partial charge is 0.202 e. The molecule has 0 aliphatic carbocycles. The summed E-state index contributed by atoms with van der Waals surface area (Å²) in [5.41, 5.74) is 0.459. The number of carbonyl (C=O) groups is 1. The summed E-state index contributed by atoms with van der Waals surface area (Å²) in [6, 6.07) is 6.81. The van der Waals surface area contributed by atoms with Gasteiger partial charge in [0.05, 0.1) is 14.2 Å². The van der Waals surface area contributed by atoms with Gasteiger partial charge in [0.25, 0.3) is 0 Å². The molecule has 1 heterocycles. The van der Waals surface area contributed by atoms with Gasteiger partial charge in [0.15, 0.2) is 12.2 Å². The number of ether oxygens (including phenoxy) is 3. The van der Waals surface area contributed by atoms with Gasteiger partial charge >= 0.3 is 0 Å². The Morgan fingerprint density at radius 2 is 1.67 bits per heavy atom. The first-order valence-corrected chi connectivity index (χ1v) is 7.13. The summed E-state index contributed by atoms with van der Waals surface area (Å²) in [6.07, 6.45) is -2.54. The Labute approximate surface area is 137 Å². The molecule has 0 fully saturated rings. The largest absolute Gasteiger partial charge is 0.508 e. The Kier molecular flexibility index (Phi) is 3.94. The van der Waals surface area contributed by atoms with E-state index in [-0.39, 0.29) is 34.3 Å². The van der Waals surface area contributed by atoms with Crippen molar-refractivity contribution in [3.63, 3.8) is 0 Å². The molecule has 0 radical (unpaired) electrons. The number of carbonyl (C=O) groups excluding carboxylic acids is 1. The molecule has 126 valence electrons. The van der Waals surface area contributed by atoms with Crippen molar-refractivity contribution in [3.8, 4) is 28.7 Å². The van der Waals surface area contributed by atoms with E-state index in [0.717, 1.165) is 0 Å². The van der Waals surface area contributed by atoms with Crippen LogP contribution in [-0.4, -0.2) is 41.4 Å². The van der Waals surface area contributed by atoms with Crippen LogP contribution in [-0.2, 0) is 0 Å². The molecule has 0 saturated heterocycles. The number of rotatable bonds is 3. The van der Waals surface area contributed by atoms with Gasteiger partial charge in [0, 0.05) is 23.8 Å². The van der Waals surface area contributed by atoms with Crippen molar-refractivity contribution >= 4 is 5.78 Å². The highest BCUT2D eigenvalue weighted by Crippen LogP contribution is 2.44. The number of benzene rings is 2. The van der Waals surface area contributed by atoms with Gasteiger partial charge < -0.3 is 29.5 Å². The molecule has 3 rings (SSSR count). The second-order valence-corrected chi connectivity index (χ2v) is 5.29. The van der Waals surface area contributed by atoms with E-state index in [4.69, 9.17) is 14.2 Å². The number of hydrogen-bond acceptors (Lipinski definition) is 7. The third-order valence-corrected chi connectivity index (χ3v) is 3.85. The molecule has 0 amide bonds. The van der Waals surface area contributed by atoms with Gasteiger partial charge in [-0.3, -0.25) is 4.79 Å². The van der Waals surface area contributed by atoms with Crippen LogP contribution >= 0.6 is 0 Å². The lowest BCUT2D eigenvalue weighted by atomic mass is 9.92. The molecule has 2 atom stereocenters. The summed E-state index contributed by atoms with van der Waals surface area (Å²) in [4.78, 5) is 12.6. The van der Waals surface area contributed by atoms with Crippen molar-refractivity contribution < 1.29 is 34.3 Å². The van der Waals surface area contributed by atoms with Crippen LogP contribution in [0.2, 0.25) is 0 Å². The molecule has 0 unspecified atom stereocenters. The Morgan fingerprint density at radius 3 is 2.33 bits per heavy atom. The third-order valence-electron chi connectivity index (χ3n) is 3.85. The van der Waals surface area contributed by atoms with Crippen molar-refractivity contribution in [2.24, 2.45) is 0 Å². The van der Waals surface area contributed by atoms with Crippen LogP contribution < -0.4 is 14.2 Å². The van der Waals surface area contributed by atoms with Crippen molar-refractivity contribution in [2.75, 3.05) is 14.2 Å². The molecule has 2 aromatic carbocycles. The molecule has 3 N–H and O–H groups in total. The number of fused-ring (bicyclic) bond motifs is 1. The van der Waals surface area contributed by atoms with Crippen LogP contribution in [0, 0.1) is 0 Å². The second-order valence-electron chi connectivity index (χ2n) is 5.29. The van der Waals surface area contributed by atoms with E-state index in [9.17, 15) is 20.1 Å². The highest BCUT2D eigenvalue weighted by Gasteiger charge is 2.40. The second kappa shape index (κ2) is 5.93. The number of ketones is 1. The summed E-state index contributed by atoms with van der Waals surface area (Å²) >= 11 is 0. The van der Waals surface area contributed by atoms with Gasteiger partial charge in [-0.05, 0) is 12.1 Å². The van der Waals surface area contributed by atoms with Crippen LogP contribution in [0.5, 0.6) is 28.7 Å². The number of Topliss-reactive ketones (excluding diaryl/α,β-unsaturated/α-hetero) is 1. The molecule has 0 bridgehead atoms. The zero-order valence-electron chi connectivity index (χ0n) is 13.0. The first-order chi connectivity index (χ1) is 11.5. The SMILES string of the molecule is COc1cc(O)ccc1[C@H]1Oc2cc(O)cc(OC)c2C(=O)[C@@H]1O. The van der Waals surface area contributed by atoms with Gasteiger partial charge in [0.2, 0.25) is 5.78 Å². The van der Waals surface area contributed by atoms with E-state index in [1.54, 1.807) is 0 Å². The molecule has 1 aliphatic heterocycles. The predicted molar refractivity (Wildman–Crippen MR) is 83.0 cm³/mol. The third kappa shape index (κ3) is 2.48. The molecule has 1 aliphatic rings. The van der Waals surface area contributed by atoms with E-state index in [2.05, 4.69) is 0 Å². The standard InChI is InChI=1S/C17H16O7/c1-22-11-5-8(18)3-4-10(11)17-16(21)15(20)14-12(23-2)6-9(19)7-13(14)24-17/h3-7,16-19,21H,1-2H3/t16-,17+/m0/s1. The lowest BCUT2D eigenvalue weighted by Gasteiger charge is -2.31. The van der Waals surface area contributed by atoms with Crippen molar-refractivity contribution in [1.82, 2.24) is 0 Å². The molecule has 0 aromatic heterocycles. The zero-order valence-corrected chi connectivity index (χ0v) is 13.0. The molecule has 0 saturated carbocycles. The minimum atomic E-state index is -1.49. The van der Waals surface area contributed by atoms with Gasteiger partial charge in [-0.2, -0.15) is 0 Å².